The maximum absolute atomic E-state index is 5.66. The van der Waals surface area contributed by atoms with Gasteiger partial charge in [-0.15, -0.1) is 5.10 Å². The monoisotopic (exact) mass is 240 g/mol. The van der Waals surface area contributed by atoms with E-state index in [1.165, 1.54) is 4.68 Å². The maximum Gasteiger partial charge on any atom is 0.218 e. The molecule has 0 atom stereocenters. The molecule has 0 amide bonds. The van der Waals surface area contributed by atoms with Crippen molar-refractivity contribution in [3.8, 4) is 17.1 Å². The van der Waals surface area contributed by atoms with Gasteiger partial charge in [-0.25, -0.2) is 9.36 Å². The van der Waals surface area contributed by atoms with Crippen LogP contribution in [0.5, 0.6) is 0 Å². The third-order valence-corrected chi connectivity index (χ3v) is 2.66. The number of aromatic nitrogens is 5. The first-order valence-electron chi connectivity index (χ1n) is 5.51. The van der Waals surface area contributed by atoms with Crippen LogP contribution in [0.15, 0.2) is 42.7 Å². The number of para-hydroxylation sites is 1. The SMILES string of the molecule is Cn1nc(-c2cnn(-c3ccccc3)c2)nc1N. The molecule has 2 N–H and O–H groups in total. The number of nitrogen functional groups attached to an aromatic ring is 1. The van der Waals surface area contributed by atoms with Crippen LogP contribution in [-0.4, -0.2) is 24.5 Å². The molecule has 0 radical (unpaired) electrons. The van der Waals surface area contributed by atoms with E-state index < -0.39 is 0 Å². The highest BCUT2D eigenvalue weighted by Gasteiger charge is 2.09. The molecule has 0 aliphatic carbocycles. The summed E-state index contributed by atoms with van der Waals surface area (Å²) in [5, 5.41) is 8.50. The van der Waals surface area contributed by atoms with Crippen molar-refractivity contribution in [2.75, 3.05) is 5.73 Å². The van der Waals surface area contributed by atoms with Gasteiger partial charge in [-0.3, -0.25) is 0 Å². The Morgan fingerprint density at radius 3 is 2.61 bits per heavy atom. The number of rotatable bonds is 2. The summed E-state index contributed by atoms with van der Waals surface area (Å²) in [6.07, 6.45) is 3.60. The molecule has 1 aromatic carbocycles. The summed E-state index contributed by atoms with van der Waals surface area (Å²) >= 11 is 0. The molecular weight excluding hydrogens is 228 g/mol. The van der Waals surface area contributed by atoms with Crippen molar-refractivity contribution in [3.05, 3.63) is 42.7 Å². The van der Waals surface area contributed by atoms with Gasteiger partial charge in [-0.05, 0) is 12.1 Å². The predicted octanol–water partition coefficient (Wildman–Crippen LogP) is 1.25. The molecule has 0 aliphatic rings. The number of nitrogens with zero attached hydrogens (tertiary/aromatic N) is 5. The van der Waals surface area contributed by atoms with Crippen LogP contribution >= 0.6 is 0 Å². The largest absolute Gasteiger partial charge is 0.368 e. The Morgan fingerprint density at radius 2 is 1.94 bits per heavy atom. The average molecular weight is 240 g/mol. The van der Waals surface area contributed by atoms with Gasteiger partial charge in [0.1, 0.15) is 0 Å². The summed E-state index contributed by atoms with van der Waals surface area (Å²) in [7, 11) is 1.76. The molecule has 90 valence electrons. The lowest BCUT2D eigenvalue weighted by Gasteiger charge is -1.98. The van der Waals surface area contributed by atoms with E-state index in [0.29, 0.717) is 11.8 Å². The Kier molecular flexibility index (Phi) is 2.33. The van der Waals surface area contributed by atoms with E-state index in [1.807, 2.05) is 36.5 Å². The van der Waals surface area contributed by atoms with E-state index in [2.05, 4.69) is 15.2 Å². The number of hydrogen-bond donors (Lipinski definition) is 1. The molecule has 3 aromatic rings. The van der Waals surface area contributed by atoms with Gasteiger partial charge in [0.15, 0.2) is 5.82 Å². The van der Waals surface area contributed by atoms with Gasteiger partial charge in [0.05, 0.1) is 17.4 Å². The molecule has 0 spiro atoms. The molecule has 2 aromatic heterocycles. The van der Waals surface area contributed by atoms with E-state index in [4.69, 9.17) is 5.73 Å². The Bertz CT molecular complexity index is 647. The zero-order valence-electron chi connectivity index (χ0n) is 9.85. The van der Waals surface area contributed by atoms with Gasteiger partial charge < -0.3 is 5.73 Å². The first-order chi connectivity index (χ1) is 8.74. The predicted molar refractivity (Wildman–Crippen MR) is 68.0 cm³/mol. The number of aryl methyl sites for hydroxylation is 1. The van der Waals surface area contributed by atoms with Crippen LogP contribution in [0.4, 0.5) is 5.95 Å². The van der Waals surface area contributed by atoms with E-state index in [9.17, 15) is 0 Å². The highest BCUT2D eigenvalue weighted by molar-refractivity contribution is 5.54. The van der Waals surface area contributed by atoms with Gasteiger partial charge >= 0.3 is 0 Å². The Hall–Kier alpha value is -2.63. The van der Waals surface area contributed by atoms with Crippen LogP contribution in [-0.2, 0) is 7.05 Å². The molecule has 0 unspecified atom stereocenters. The number of hydrogen-bond acceptors (Lipinski definition) is 4. The van der Waals surface area contributed by atoms with E-state index in [-0.39, 0.29) is 0 Å². The summed E-state index contributed by atoms with van der Waals surface area (Å²) in [5.41, 5.74) is 7.49. The molecule has 0 fully saturated rings. The molecular formula is C12H12N6. The summed E-state index contributed by atoms with van der Waals surface area (Å²) in [4.78, 5) is 4.16. The molecule has 0 aliphatic heterocycles. The average Bonchev–Trinajstić information content (AvgIpc) is 2.99. The molecule has 0 bridgehead atoms. The molecule has 6 nitrogen and oxygen atoms in total. The van der Waals surface area contributed by atoms with Crippen LogP contribution in [0.3, 0.4) is 0 Å². The Labute approximate surface area is 104 Å². The Morgan fingerprint density at radius 1 is 1.17 bits per heavy atom. The second kappa shape index (κ2) is 3.99. The van der Waals surface area contributed by atoms with Gasteiger partial charge in [-0.1, -0.05) is 18.2 Å². The molecule has 2 heterocycles. The van der Waals surface area contributed by atoms with E-state index >= 15 is 0 Å². The fourth-order valence-electron chi connectivity index (χ4n) is 1.68. The van der Waals surface area contributed by atoms with Crippen molar-refractivity contribution in [2.45, 2.75) is 0 Å². The minimum absolute atomic E-state index is 0.387. The van der Waals surface area contributed by atoms with Crippen LogP contribution in [0.25, 0.3) is 17.1 Å². The van der Waals surface area contributed by atoms with Crippen molar-refractivity contribution in [2.24, 2.45) is 7.05 Å². The highest BCUT2D eigenvalue weighted by Crippen LogP contribution is 2.17. The normalized spacial score (nSPS) is 10.7. The summed E-state index contributed by atoms with van der Waals surface area (Å²) < 4.78 is 3.32. The quantitative estimate of drug-likeness (QED) is 0.731. The van der Waals surface area contributed by atoms with E-state index in [1.54, 1.807) is 17.9 Å². The van der Waals surface area contributed by atoms with Crippen molar-refractivity contribution in [1.82, 2.24) is 24.5 Å². The lowest BCUT2D eigenvalue weighted by atomic mass is 10.3. The summed E-state index contributed by atoms with van der Waals surface area (Å²) in [6, 6.07) is 9.87. The van der Waals surface area contributed by atoms with Crippen LogP contribution in [0.2, 0.25) is 0 Å². The smallest absolute Gasteiger partial charge is 0.218 e. The third-order valence-electron chi connectivity index (χ3n) is 2.66. The van der Waals surface area contributed by atoms with Crippen molar-refractivity contribution >= 4 is 5.95 Å². The molecule has 0 saturated heterocycles. The van der Waals surface area contributed by atoms with E-state index in [0.717, 1.165) is 11.3 Å². The van der Waals surface area contributed by atoms with Crippen LogP contribution < -0.4 is 5.73 Å². The minimum Gasteiger partial charge on any atom is -0.368 e. The maximum atomic E-state index is 5.66. The van der Waals surface area contributed by atoms with Gasteiger partial charge in [0, 0.05) is 13.2 Å². The van der Waals surface area contributed by atoms with Crippen LogP contribution in [0.1, 0.15) is 0 Å². The zero-order chi connectivity index (χ0) is 12.5. The number of anilines is 1. The number of nitrogens with two attached hydrogens (primary N) is 1. The number of benzene rings is 1. The zero-order valence-corrected chi connectivity index (χ0v) is 9.85. The van der Waals surface area contributed by atoms with Gasteiger partial charge in [-0.2, -0.15) is 10.1 Å². The first kappa shape index (κ1) is 10.5. The summed E-state index contributed by atoms with van der Waals surface area (Å²) in [6.45, 7) is 0. The van der Waals surface area contributed by atoms with Gasteiger partial charge in [0.25, 0.3) is 0 Å². The first-order valence-corrected chi connectivity index (χ1v) is 5.51. The fraction of sp³-hybridized carbons (Fsp3) is 0.0833. The fourth-order valence-corrected chi connectivity index (χ4v) is 1.68. The summed E-state index contributed by atoms with van der Waals surface area (Å²) in [5.74, 6) is 0.967. The lowest BCUT2D eigenvalue weighted by Crippen LogP contribution is -1.97. The van der Waals surface area contributed by atoms with Crippen LogP contribution in [0, 0.1) is 0 Å². The highest BCUT2D eigenvalue weighted by atomic mass is 15.4. The minimum atomic E-state index is 0.387. The van der Waals surface area contributed by atoms with Crippen molar-refractivity contribution in [3.63, 3.8) is 0 Å². The standard InChI is InChI=1S/C12H12N6/c1-17-12(13)15-11(16-17)9-7-14-18(8-9)10-5-3-2-4-6-10/h2-8H,1H3,(H2,13,15,16). The van der Waals surface area contributed by atoms with Gasteiger partial charge in [0.2, 0.25) is 5.95 Å². The lowest BCUT2D eigenvalue weighted by molar-refractivity contribution is 0.781. The molecule has 3 rings (SSSR count). The molecule has 6 heteroatoms. The van der Waals surface area contributed by atoms with Crippen molar-refractivity contribution < 1.29 is 0 Å². The third kappa shape index (κ3) is 1.73. The molecule has 18 heavy (non-hydrogen) atoms. The topological polar surface area (TPSA) is 74.5 Å². The Balaban J connectivity index is 1.99. The van der Waals surface area contributed by atoms with Crippen molar-refractivity contribution in [1.29, 1.82) is 0 Å². The second-order valence-corrected chi connectivity index (χ2v) is 3.93. The second-order valence-electron chi connectivity index (χ2n) is 3.93. The molecule has 0 saturated carbocycles.